The highest BCUT2D eigenvalue weighted by molar-refractivity contribution is 5.75. The lowest BCUT2D eigenvalue weighted by molar-refractivity contribution is -0.149. The predicted octanol–water partition coefficient (Wildman–Crippen LogP) is 2.04. The van der Waals surface area contributed by atoms with Gasteiger partial charge in [0.2, 0.25) is 6.17 Å². The molecule has 1 unspecified atom stereocenters. The molecule has 0 aliphatic rings. The highest BCUT2D eigenvalue weighted by Crippen LogP contribution is 2.22. The largest absolute Gasteiger partial charge is 0.464 e. The quantitative estimate of drug-likeness (QED) is 0.823. The molecule has 0 bridgehead atoms. The normalized spacial score (nSPS) is 14.2. The van der Waals surface area contributed by atoms with Crippen LogP contribution in [0.2, 0.25) is 0 Å². The van der Waals surface area contributed by atoms with Crippen molar-refractivity contribution in [1.29, 1.82) is 0 Å². The molecular formula is C12H15F2NO2. The summed E-state index contributed by atoms with van der Waals surface area (Å²) >= 11 is 0. The maximum absolute atomic E-state index is 13.6. The van der Waals surface area contributed by atoms with Gasteiger partial charge in [-0.3, -0.25) is 0 Å². The Morgan fingerprint density at radius 3 is 2.71 bits per heavy atom. The molecule has 0 aromatic heterocycles. The zero-order valence-corrected chi connectivity index (χ0v) is 9.74. The Morgan fingerprint density at radius 1 is 1.53 bits per heavy atom. The van der Waals surface area contributed by atoms with Gasteiger partial charge in [0.1, 0.15) is 5.82 Å². The maximum Gasteiger partial charge on any atom is 0.342 e. The fourth-order valence-corrected chi connectivity index (χ4v) is 1.54. The van der Waals surface area contributed by atoms with Gasteiger partial charge in [-0.15, -0.1) is 0 Å². The van der Waals surface area contributed by atoms with E-state index in [0.29, 0.717) is 11.1 Å². The number of ether oxygens (including phenoxy) is 1. The van der Waals surface area contributed by atoms with E-state index in [1.807, 2.05) is 0 Å². The molecule has 1 rings (SSSR count). The summed E-state index contributed by atoms with van der Waals surface area (Å²) < 4.78 is 31.1. The van der Waals surface area contributed by atoms with Crippen molar-refractivity contribution in [2.45, 2.75) is 26.1 Å². The average molecular weight is 243 g/mol. The first-order valence-electron chi connectivity index (χ1n) is 5.29. The number of benzene rings is 1. The molecular weight excluding hydrogens is 228 g/mol. The number of esters is 1. The Bertz CT molecular complexity index is 409. The Hall–Kier alpha value is -1.49. The number of hydrogen-bond donors (Lipinski definition) is 1. The van der Waals surface area contributed by atoms with E-state index in [1.54, 1.807) is 13.8 Å². The van der Waals surface area contributed by atoms with Crippen LogP contribution in [-0.4, -0.2) is 18.7 Å². The minimum Gasteiger partial charge on any atom is -0.464 e. The number of alkyl halides is 1. The minimum atomic E-state index is -1.95. The average Bonchev–Trinajstić information content (AvgIpc) is 2.27. The first-order valence-corrected chi connectivity index (χ1v) is 5.29. The summed E-state index contributed by atoms with van der Waals surface area (Å²) in [6, 6.07) is 2.66. The third-order valence-corrected chi connectivity index (χ3v) is 2.42. The van der Waals surface area contributed by atoms with Crippen LogP contribution in [0, 0.1) is 12.7 Å². The van der Waals surface area contributed by atoms with Gasteiger partial charge in [0.25, 0.3) is 0 Å². The summed E-state index contributed by atoms with van der Waals surface area (Å²) in [5.74, 6) is -1.42. The van der Waals surface area contributed by atoms with Crippen LogP contribution in [0.15, 0.2) is 18.2 Å². The molecule has 0 spiro atoms. The van der Waals surface area contributed by atoms with E-state index in [9.17, 15) is 13.6 Å². The van der Waals surface area contributed by atoms with Gasteiger partial charge in [-0.2, -0.15) is 0 Å². The summed E-state index contributed by atoms with van der Waals surface area (Å²) in [6.45, 7) is 3.28. The van der Waals surface area contributed by atoms with Gasteiger partial charge in [-0.05, 0) is 37.1 Å². The molecule has 0 aliphatic heterocycles. The van der Waals surface area contributed by atoms with Gasteiger partial charge in [-0.25, -0.2) is 13.6 Å². The maximum atomic E-state index is 13.6. The van der Waals surface area contributed by atoms with Crippen LogP contribution < -0.4 is 5.73 Å². The molecule has 2 N–H and O–H groups in total. The van der Waals surface area contributed by atoms with E-state index >= 15 is 0 Å². The van der Waals surface area contributed by atoms with Crippen LogP contribution in [0.25, 0.3) is 0 Å². The fraction of sp³-hybridized carbons (Fsp3) is 0.417. The third-order valence-electron chi connectivity index (χ3n) is 2.42. The van der Waals surface area contributed by atoms with Crippen molar-refractivity contribution in [2.24, 2.45) is 5.73 Å². The second-order valence-corrected chi connectivity index (χ2v) is 3.68. The molecule has 1 aromatic carbocycles. The second kappa shape index (κ2) is 5.72. The van der Waals surface area contributed by atoms with E-state index in [2.05, 4.69) is 4.74 Å². The topological polar surface area (TPSA) is 52.3 Å². The number of carbonyl (C=O) groups is 1. The zero-order valence-electron chi connectivity index (χ0n) is 9.74. The van der Waals surface area contributed by atoms with E-state index < -0.39 is 24.0 Å². The van der Waals surface area contributed by atoms with Crippen LogP contribution in [0.5, 0.6) is 0 Å². The molecule has 0 fully saturated rings. The molecule has 5 heteroatoms. The van der Waals surface area contributed by atoms with Gasteiger partial charge >= 0.3 is 5.97 Å². The van der Waals surface area contributed by atoms with E-state index in [4.69, 9.17) is 5.73 Å². The van der Waals surface area contributed by atoms with Crippen LogP contribution in [0.3, 0.4) is 0 Å². The SMILES string of the molecule is CCOC(=O)C(F)[C@H](N)c1ccc(F)cc1C. The first-order chi connectivity index (χ1) is 7.97. The van der Waals surface area contributed by atoms with Crippen molar-refractivity contribution in [2.75, 3.05) is 6.61 Å². The Labute approximate surface area is 98.6 Å². The van der Waals surface area contributed by atoms with E-state index in [-0.39, 0.29) is 6.61 Å². The molecule has 0 saturated heterocycles. The number of nitrogens with two attached hydrogens (primary N) is 1. The first kappa shape index (κ1) is 13.6. The lowest BCUT2D eigenvalue weighted by Crippen LogP contribution is -2.32. The number of aryl methyl sites for hydroxylation is 1. The highest BCUT2D eigenvalue weighted by Gasteiger charge is 2.28. The molecule has 0 amide bonds. The minimum absolute atomic E-state index is 0.0916. The van der Waals surface area contributed by atoms with Gasteiger partial charge in [0.05, 0.1) is 12.6 Å². The van der Waals surface area contributed by atoms with Crippen LogP contribution in [-0.2, 0) is 9.53 Å². The molecule has 0 aliphatic carbocycles. The summed E-state index contributed by atoms with van der Waals surface area (Å²) in [4.78, 5) is 11.2. The van der Waals surface area contributed by atoms with E-state index in [0.717, 1.165) is 0 Å². The van der Waals surface area contributed by atoms with Crippen molar-refractivity contribution >= 4 is 5.97 Å². The monoisotopic (exact) mass is 243 g/mol. The van der Waals surface area contributed by atoms with E-state index in [1.165, 1.54) is 18.2 Å². The van der Waals surface area contributed by atoms with Crippen molar-refractivity contribution in [1.82, 2.24) is 0 Å². The smallest absolute Gasteiger partial charge is 0.342 e. The van der Waals surface area contributed by atoms with Gasteiger partial charge in [0, 0.05) is 0 Å². The number of halogens is 2. The van der Waals surface area contributed by atoms with Gasteiger partial charge in [0.15, 0.2) is 0 Å². The van der Waals surface area contributed by atoms with Gasteiger partial charge < -0.3 is 10.5 Å². The van der Waals surface area contributed by atoms with Crippen LogP contribution >= 0.6 is 0 Å². The number of carbonyl (C=O) groups excluding carboxylic acids is 1. The van der Waals surface area contributed by atoms with Crippen molar-refractivity contribution in [3.8, 4) is 0 Å². The highest BCUT2D eigenvalue weighted by atomic mass is 19.1. The molecule has 0 heterocycles. The Morgan fingerprint density at radius 2 is 2.18 bits per heavy atom. The van der Waals surface area contributed by atoms with Gasteiger partial charge in [-0.1, -0.05) is 6.07 Å². The molecule has 3 nitrogen and oxygen atoms in total. The summed E-state index contributed by atoms with van der Waals surface area (Å²) in [5, 5.41) is 0. The third kappa shape index (κ3) is 3.23. The second-order valence-electron chi connectivity index (χ2n) is 3.68. The summed E-state index contributed by atoms with van der Waals surface area (Å²) in [7, 11) is 0. The molecule has 2 atom stereocenters. The molecule has 0 radical (unpaired) electrons. The standard InChI is InChI=1S/C12H15F2NO2/c1-3-17-12(16)10(14)11(15)9-5-4-8(13)6-7(9)2/h4-6,10-11H,3,15H2,1-2H3/t10?,11-/m1/s1. The predicted molar refractivity (Wildman–Crippen MR) is 59.6 cm³/mol. The van der Waals surface area contributed by atoms with Crippen LogP contribution in [0.4, 0.5) is 8.78 Å². The zero-order chi connectivity index (χ0) is 13.0. The lowest BCUT2D eigenvalue weighted by atomic mass is 9.98. The number of hydrogen-bond acceptors (Lipinski definition) is 3. The molecule has 17 heavy (non-hydrogen) atoms. The van der Waals surface area contributed by atoms with Crippen molar-refractivity contribution in [3.05, 3.63) is 35.1 Å². The summed E-state index contributed by atoms with van der Waals surface area (Å²) in [6.07, 6.45) is -1.95. The van der Waals surface area contributed by atoms with Crippen molar-refractivity contribution < 1.29 is 18.3 Å². The lowest BCUT2D eigenvalue weighted by Gasteiger charge is -2.17. The number of rotatable bonds is 4. The molecule has 94 valence electrons. The van der Waals surface area contributed by atoms with Crippen molar-refractivity contribution in [3.63, 3.8) is 0 Å². The Kier molecular flexibility index (Phi) is 4.57. The Balaban J connectivity index is 2.88. The van der Waals surface area contributed by atoms with Crippen LogP contribution in [0.1, 0.15) is 24.1 Å². The fourth-order valence-electron chi connectivity index (χ4n) is 1.54. The summed E-state index contributed by atoms with van der Waals surface area (Å²) in [5.41, 5.74) is 6.52. The molecule has 1 aromatic rings. The molecule has 0 saturated carbocycles.